The van der Waals surface area contributed by atoms with E-state index < -0.39 is 5.60 Å². The van der Waals surface area contributed by atoms with Gasteiger partial charge in [-0.15, -0.1) is 0 Å². The Balaban J connectivity index is 1.84. The summed E-state index contributed by atoms with van der Waals surface area (Å²) in [4.78, 5) is 0. The molecule has 1 heterocycles. The van der Waals surface area contributed by atoms with Crippen LogP contribution >= 0.6 is 0 Å². The molecule has 0 spiro atoms. The Kier molecular flexibility index (Phi) is 9.64. The number of unbranched alkanes of at least 4 members (excludes halogenated alkanes) is 2. The van der Waals surface area contributed by atoms with Gasteiger partial charge in [-0.2, -0.15) is 0 Å². The second-order valence-electron chi connectivity index (χ2n) is 11.0. The van der Waals surface area contributed by atoms with Gasteiger partial charge < -0.3 is 9.84 Å². The third-order valence-corrected chi connectivity index (χ3v) is 8.12. The molecule has 2 rings (SSSR count). The number of rotatable bonds is 12. The van der Waals surface area contributed by atoms with Crippen LogP contribution in [-0.2, 0) is 4.74 Å². The van der Waals surface area contributed by atoms with E-state index in [2.05, 4.69) is 59.8 Å². The lowest BCUT2D eigenvalue weighted by atomic mass is 9.68. The van der Waals surface area contributed by atoms with E-state index in [9.17, 15) is 5.11 Å². The van der Waals surface area contributed by atoms with Gasteiger partial charge >= 0.3 is 0 Å². The molecule has 0 saturated carbocycles. The maximum atomic E-state index is 10.6. The highest BCUT2D eigenvalue weighted by atomic mass is 16.5. The molecule has 1 N–H and O–H groups in total. The van der Waals surface area contributed by atoms with Gasteiger partial charge in [0.1, 0.15) is 0 Å². The molecule has 0 aromatic carbocycles. The van der Waals surface area contributed by atoms with E-state index in [1.165, 1.54) is 29.6 Å². The Morgan fingerprint density at radius 2 is 1.94 bits per heavy atom. The van der Waals surface area contributed by atoms with Gasteiger partial charge in [0, 0.05) is 5.92 Å². The fourth-order valence-corrected chi connectivity index (χ4v) is 5.64. The Labute approximate surface area is 193 Å². The Hall–Kier alpha value is -0.860. The van der Waals surface area contributed by atoms with Crippen LogP contribution in [0.15, 0.2) is 34.9 Å². The van der Waals surface area contributed by atoms with E-state index in [-0.39, 0.29) is 11.2 Å². The van der Waals surface area contributed by atoms with Crippen molar-refractivity contribution < 1.29 is 9.84 Å². The molecule has 2 nitrogen and oxygen atoms in total. The molecule has 0 amide bonds. The summed E-state index contributed by atoms with van der Waals surface area (Å²) in [6, 6.07) is 0. The third-order valence-electron chi connectivity index (χ3n) is 8.12. The minimum Gasteiger partial charge on any atom is -0.390 e. The van der Waals surface area contributed by atoms with Crippen molar-refractivity contribution in [2.75, 3.05) is 0 Å². The molecule has 1 aliphatic heterocycles. The van der Waals surface area contributed by atoms with Crippen molar-refractivity contribution in [1.82, 2.24) is 0 Å². The van der Waals surface area contributed by atoms with E-state index >= 15 is 0 Å². The molecule has 4 atom stereocenters. The first-order valence-corrected chi connectivity index (χ1v) is 13.0. The monoisotopic (exact) mass is 430 g/mol. The van der Waals surface area contributed by atoms with Crippen LogP contribution in [0.1, 0.15) is 126 Å². The van der Waals surface area contributed by atoms with Gasteiger partial charge in [-0.05, 0) is 91.1 Å². The Morgan fingerprint density at radius 3 is 2.61 bits per heavy atom. The molecule has 4 unspecified atom stereocenters. The van der Waals surface area contributed by atoms with Crippen LogP contribution in [0.2, 0.25) is 0 Å². The SMILES string of the molecule is CCCCCC(C)(O)CCCC(C)=CCCC1(C)CCC2=CC=C(C)C(C)C2(CC)O1. The fraction of sp³-hybridized carbons (Fsp3) is 0.793. The number of aliphatic hydroxyl groups is 1. The summed E-state index contributed by atoms with van der Waals surface area (Å²) in [5, 5.41) is 10.6. The highest BCUT2D eigenvalue weighted by molar-refractivity contribution is 5.36. The van der Waals surface area contributed by atoms with E-state index in [0.717, 1.165) is 64.2 Å². The maximum Gasteiger partial charge on any atom is 0.0961 e. The first-order chi connectivity index (χ1) is 14.6. The largest absolute Gasteiger partial charge is 0.390 e. The second kappa shape index (κ2) is 11.3. The molecule has 0 aromatic heterocycles. The first-order valence-electron chi connectivity index (χ1n) is 13.0. The summed E-state index contributed by atoms with van der Waals surface area (Å²) in [5.74, 6) is 0.458. The van der Waals surface area contributed by atoms with Gasteiger partial charge in [-0.1, -0.05) is 69.4 Å². The maximum absolute atomic E-state index is 10.6. The highest BCUT2D eigenvalue weighted by Gasteiger charge is 2.49. The molecular formula is C29H50O2. The second-order valence-corrected chi connectivity index (χ2v) is 11.0. The summed E-state index contributed by atoms with van der Waals surface area (Å²) in [6.07, 6.45) is 20.1. The fourth-order valence-electron chi connectivity index (χ4n) is 5.64. The molecule has 0 radical (unpaired) electrons. The number of allylic oxidation sites excluding steroid dienone is 4. The van der Waals surface area contributed by atoms with Crippen molar-refractivity contribution in [3.05, 3.63) is 34.9 Å². The molecule has 1 fully saturated rings. The van der Waals surface area contributed by atoms with Crippen LogP contribution in [0.25, 0.3) is 0 Å². The molecular weight excluding hydrogens is 380 g/mol. The zero-order valence-electron chi connectivity index (χ0n) is 21.7. The topological polar surface area (TPSA) is 29.5 Å². The van der Waals surface area contributed by atoms with E-state index in [4.69, 9.17) is 4.74 Å². The summed E-state index contributed by atoms with van der Waals surface area (Å²) < 4.78 is 6.98. The van der Waals surface area contributed by atoms with E-state index in [0.29, 0.717) is 5.92 Å². The van der Waals surface area contributed by atoms with Crippen LogP contribution < -0.4 is 0 Å². The highest BCUT2D eigenvalue weighted by Crippen LogP contribution is 2.50. The quantitative estimate of drug-likeness (QED) is 0.248. The summed E-state index contributed by atoms with van der Waals surface area (Å²) >= 11 is 0. The molecule has 2 aliphatic rings. The summed E-state index contributed by atoms with van der Waals surface area (Å²) in [6.45, 7) is 15.7. The van der Waals surface area contributed by atoms with Gasteiger partial charge in [0.2, 0.25) is 0 Å². The smallest absolute Gasteiger partial charge is 0.0961 e. The lowest BCUT2D eigenvalue weighted by molar-refractivity contribution is -0.175. The number of hydrogen-bond donors (Lipinski definition) is 1. The predicted molar refractivity (Wildman–Crippen MR) is 134 cm³/mol. The number of fused-ring (bicyclic) bond motifs is 1. The van der Waals surface area contributed by atoms with Crippen LogP contribution in [-0.4, -0.2) is 21.9 Å². The van der Waals surface area contributed by atoms with Crippen molar-refractivity contribution in [3.8, 4) is 0 Å². The van der Waals surface area contributed by atoms with Gasteiger partial charge in [0.15, 0.2) is 0 Å². The van der Waals surface area contributed by atoms with E-state index in [1.54, 1.807) is 0 Å². The molecule has 0 aromatic rings. The molecule has 0 bridgehead atoms. The number of hydrogen-bond acceptors (Lipinski definition) is 2. The Morgan fingerprint density at radius 1 is 1.23 bits per heavy atom. The third kappa shape index (κ3) is 7.06. The average molecular weight is 431 g/mol. The van der Waals surface area contributed by atoms with Crippen LogP contribution in [0.4, 0.5) is 0 Å². The van der Waals surface area contributed by atoms with E-state index in [1.807, 2.05) is 6.92 Å². The summed E-state index contributed by atoms with van der Waals surface area (Å²) in [7, 11) is 0. The zero-order chi connectivity index (χ0) is 23.1. The average Bonchev–Trinajstić information content (AvgIpc) is 2.71. The minimum absolute atomic E-state index is 0.0427. The number of ether oxygens (including phenoxy) is 1. The van der Waals surface area contributed by atoms with Gasteiger partial charge in [-0.3, -0.25) is 0 Å². The summed E-state index contributed by atoms with van der Waals surface area (Å²) in [5.41, 5.74) is 3.76. The predicted octanol–water partition coefficient (Wildman–Crippen LogP) is 8.45. The molecule has 2 heteroatoms. The Bertz CT molecular complexity index is 668. The van der Waals surface area contributed by atoms with Crippen molar-refractivity contribution in [3.63, 3.8) is 0 Å². The minimum atomic E-state index is -0.498. The van der Waals surface area contributed by atoms with Crippen LogP contribution in [0, 0.1) is 5.92 Å². The molecule has 1 aliphatic carbocycles. The molecule has 178 valence electrons. The van der Waals surface area contributed by atoms with Gasteiger partial charge in [0.05, 0.1) is 16.8 Å². The molecule has 31 heavy (non-hydrogen) atoms. The van der Waals surface area contributed by atoms with Gasteiger partial charge in [0.25, 0.3) is 0 Å². The lowest BCUT2D eigenvalue weighted by Gasteiger charge is -2.53. The normalized spacial score (nSPS) is 31.0. The van der Waals surface area contributed by atoms with Gasteiger partial charge in [-0.25, -0.2) is 0 Å². The zero-order valence-corrected chi connectivity index (χ0v) is 21.7. The lowest BCUT2D eigenvalue weighted by Crippen LogP contribution is -2.53. The van der Waals surface area contributed by atoms with Crippen molar-refractivity contribution in [1.29, 1.82) is 0 Å². The van der Waals surface area contributed by atoms with Crippen LogP contribution in [0.3, 0.4) is 0 Å². The van der Waals surface area contributed by atoms with Crippen LogP contribution in [0.5, 0.6) is 0 Å². The van der Waals surface area contributed by atoms with Crippen molar-refractivity contribution in [2.24, 2.45) is 5.92 Å². The van der Waals surface area contributed by atoms with Crippen molar-refractivity contribution >= 4 is 0 Å². The van der Waals surface area contributed by atoms with Crippen molar-refractivity contribution in [2.45, 2.75) is 142 Å². The molecule has 1 saturated heterocycles. The first kappa shape index (κ1) is 26.4. The standard InChI is InChI=1S/C29H50O2/c1-8-10-11-19-27(6,30)20-12-14-23(3)15-13-21-28(7)22-18-26-17-16-24(4)25(5)29(26,9-2)31-28/h15-17,25,30H,8-14,18-22H2,1-7H3.